The number of nitrogen functional groups attached to an aromatic ring is 1. The van der Waals surface area contributed by atoms with E-state index in [9.17, 15) is 9.59 Å². The van der Waals surface area contributed by atoms with Gasteiger partial charge in [-0.1, -0.05) is 12.1 Å². The van der Waals surface area contributed by atoms with E-state index < -0.39 is 11.9 Å². The van der Waals surface area contributed by atoms with Gasteiger partial charge in [-0.15, -0.1) is 0 Å². The van der Waals surface area contributed by atoms with Gasteiger partial charge in [-0.3, -0.25) is 0 Å². The molecule has 0 spiro atoms. The van der Waals surface area contributed by atoms with Gasteiger partial charge in [-0.2, -0.15) is 0 Å². The molecule has 0 saturated carbocycles. The molecule has 8 heteroatoms. The van der Waals surface area contributed by atoms with Crippen LogP contribution in [0.3, 0.4) is 0 Å². The summed E-state index contributed by atoms with van der Waals surface area (Å²) in [5.41, 5.74) is 6.79. The Kier molecular flexibility index (Phi) is 5.99. The van der Waals surface area contributed by atoms with Crippen molar-refractivity contribution < 1.29 is 23.8 Å². The lowest BCUT2D eigenvalue weighted by Crippen LogP contribution is -2.15. The first-order valence-electron chi connectivity index (χ1n) is 7.84. The Morgan fingerprint density at radius 1 is 1.08 bits per heavy atom. The number of nitrogens with two attached hydrogens (primary N) is 1. The fourth-order valence-corrected chi connectivity index (χ4v) is 2.24. The Balaban J connectivity index is 2.41. The Morgan fingerprint density at radius 3 is 2.24 bits per heavy atom. The minimum atomic E-state index is -0.681. The largest absolute Gasteiger partial charge is 0.497 e. The van der Waals surface area contributed by atoms with Crippen LogP contribution in [0.2, 0.25) is 0 Å². The fourth-order valence-electron chi connectivity index (χ4n) is 2.24. The zero-order valence-corrected chi connectivity index (χ0v) is 14.4. The highest BCUT2D eigenvalue weighted by Crippen LogP contribution is 2.20. The monoisotopic (exact) mass is 347 g/mol. The smallest absolute Gasteiger partial charge is 0.374 e. The number of methoxy groups -OCH3 is 1. The van der Waals surface area contributed by atoms with Gasteiger partial charge in [0.2, 0.25) is 5.82 Å². The number of nitrogens with zero attached hydrogens (tertiary/aromatic N) is 2. The summed E-state index contributed by atoms with van der Waals surface area (Å²) in [5.74, 6) is -0.618. The quantitative estimate of drug-likeness (QED) is 0.762. The van der Waals surface area contributed by atoms with Crippen molar-refractivity contribution in [3.05, 3.63) is 41.3 Å². The lowest BCUT2D eigenvalue weighted by atomic mass is 10.2. The van der Waals surface area contributed by atoms with E-state index in [1.165, 1.54) is 4.57 Å². The van der Waals surface area contributed by atoms with Gasteiger partial charge in [0.25, 0.3) is 0 Å². The van der Waals surface area contributed by atoms with E-state index in [-0.39, 0.29) is 37.1 Å². The molecule has 0 amide bonds. The number of aromatic nitrogens is 2. The summed E-state index contributed by atoms with van der Waals surface area (Å²) in [6, 6.07) is 7.24. The highest BCUT2D eigenvalue weighted by molar-refractivity contribution is 5.95. The van der Waals surface area contributed by atoms with Gasteiger partial charge >= 0.3 is 11.9 Å². The predicted molar refractivity (Wildman–Crippen MR) is 90.6 cm³/mol. The zero-order chi connectivity index (χ0) is 18.4. The third kappa shape index (κ3) is 4.09. The van der Waals surface area contributed by atoms with Gasteiger partial charge in [0.1, 0.15) is 11.6 Å². The molecule has 0 aliphatic rings. The molecule has 134 valence electrons. The molecule has 2 rings (SSSR count). The second-order valence-electron chi connectivity index (χ2n) is 5.04. The van der Waals surface area contributed by atoms with Crippen LogP contribution < -0.4 is 10.5 Å². The molecule has 2 N–H and O–H groups in total. The maximum Gasteiger partial charge on any atom is 0.374 e. The van der Waals surface area contributed by atoms with Crippen molar-refractivity contribution in [2.75, 3.05) is 26.1 Å². The highest BCUT2D eigenvalue weighted by Gasteiger charge is 2.26. The predicted octanol–water partition coefficient (Wildman–Crippen LogP) is 1.88. The fraction of sp³-hybridized carbons (Fsp3) is 0.353. The molecular formula is C17H21N3O5. The molecule has 0 fully saturated rings. The van der Waals surface area contributed by atoms with E-state index >= 15 is 0 Å². The minimum absolute atomic E-state index is 0.0433. The topological polar surface area (TPSA) is 106 Å². The normalized spacial score (nSPS) is 10.4. The van der Waals surface area contributed by atoms with Gasteiger partial charge in [0, 0.05) is 0 Å². The van der Waals surface area contributed by atoms with Crippen LogP contribution in [-0.2, 0) is 16.0 Å². The van der Waals surface area contributed by atoms with E-state index in [0.717, 1.165) is 5.56 Å². The molecule has 0 atom stereocenters. The maximum atomic E-state index is 12.2. The Labute approximate surface area is 145 Å². The van der Waals surface area contributed by atoms with Gasteiger partial charge in [-0.25, -0.2) is 14.6 Å². The number of carbonyl (C=O) groups excluding carboxylic acids is 2. The number of hydrogen-bond acceptors (Lipinski definition) is 7. The van der Waals surface area contributed by atoms with Gasteiger partial charge in [-0.05, 0) is 31.5 Å². The van der Waals surface area contributed by atoms with Crippen LogP contribution >= 0.6 is 0 Å². The average molecular weight is 347 g/mol. The van der Waals surface area contributed by atoms with Crippen molar-refractivity contribution in [2.24, 2.45) is 0 Å². The summed E-state index contributed by atoms with van der Waals surface area (Å²) in [5, 5.41) is 0. The lowest BCUT2D eigenvalue weighted by molar-refractivity contribution is 0.0506. The Bertz CT molecular complexity index is 752. The number of benzene rings is 1. The summed E-state index contributed by atoms with van der Waals surface area (Å²) in [6.45, 7) is 3.97. The van der Waals surface area contributed by atoms with Crippen molar-refractivity contribution in [3.8, 4) is 5.75 Å². The lowest BCUT2D eigenvalue weighted by Gasteiger charge is -2.10. The van der Waals surface area contributed by atoms with E-state index in [2.05, 4.69) is 4.98 Å². The van der Waals surface area contributed by atoms with Gasteiger partial charge in [0.15, 0.2) is 5.69 Å². The average Bonchev–Trinajstić information content (AvgIpc) is 2.93. The molecule has 0 aliphatic carbocycles. The number of hydrogen-bond donors (Lipinski definition) is 1. The van der Waals surface area contributed by atoms with Crippen LogP contribution in [0.1, 0.15) is 40.5 Å². The SMILES string of the molecule is CCOC(=O)c1nc(C(=O)OCC)n(Cc2ccc(OC)cc2)c1N. The van der Waals surface area contributed by atoms with Crippen molar-refractivity contribution in [1.29, 1.82) is 0 Å². The standard InChI is InChI=1S/C17H21N3O5/c1-4-24-16(21)13-14(18)20(15(19-13)17(22)25-5-2)10-11-6-8-12(23-3)9-7-11/h6-9H,4-5,10,18H2,1-3H3. The molecule has 0 unspecified atom stereocenters. The van der Waals surface area contributed by atoms with Crippen LogP contribution in [0.15, 0.2) is 24.3 Å². The summed E-state index contributed by atoms with van der Waals surface area (Å²) in [6.07, 6.45) is 0. The molecule has 0 aliphatic heterocycles. The first kappa shape index (κ1) is 18.3. The first-order chi connectivity index (χ1) is 12.0. The molecule has 8 nitrogen and oxygen atoms in total. The van der Waals surface area contributed by atoms with Gasteiger partial charge in [0.05, 0.1) is 26.9 Å². The van der Waals surface area contributed by atoms with Crippen LogP contribution in [0.5, 0.6) is 5.75 Å². The number of carbonyl (C=O) groups is 2. The summed E-state index contributed by atoms with van der Waals surface area (Å²) in [7, 11) is 1.58. The second kappa shape index (κ2) is 8.18. The first-order valence-corrected chi connectivity index (χ1v) is 7.84. The minimum Gasteiger partial charge on any atom is -0.497 e. The molecule has 1 heterocycles. The number of imidazole rings is 1. The van der Waals surface area contributed by atoms with Gasteiger partial charge < -0.3 is 24.5 Å². The molecule has 25 heavy (non-hydrogen) atoms. The highest BCUT2D eigenvalue weighted by atomic mass is 16.5. The molecule has 2 aromatic rings. The van der Waals surface area contributed by atoms with E-state index in [0.29, 0.717) is 5.75 Å². The Morgan fingerprint density at radius 2 is 1.68 bits per heavy atom. The number of esters is 2. The third-order valence-electron chi connectivity index (χ3n) is 3.43. The number of rotatable bonds is 7. The molecule has 1 aromatic heterocycles. The molecular weight excluding hydrogens is 326 g/mol. The van der Waals surface area contributed by atoms with Crippen LogP contribution in [0.25, 0.3) is 0 Å². The van der Waals surface area contributed by atoms with Crippen molar-refractivity contribution in [2.45, 2.75) is 20.4 Å². The van der Waals surface area contributed by atoms with E-state index in [4.69, 9.17) is 19.9 Å². The Hall–Kier alpha value is -3.03. The van der Waals surface area contributed by atoms with Crippen molar-refractivity contribution in [1.82, 2.24) is 9.55 Å². The van der Waals surface area contributed by atoms with Crippen LogP contribution in [-0.4, -0.2) is 41.8 Å². The third-order valence-corrected chi connectivity index (χ3v) is 3.43. The second-order valence-corrected chi connectivity index (χ2v) is 5.04. The maximum absolute atomic E-state index is 12.2. The molecule has 0 saturated heterocycles. The molecule has 0 bridgehead atoms. The van der Waals surface area contributed by atoms with Crippen molar-refractivity contribution >= 4 is 17.8 Å². The number of ether oxygens (including phenoxy) is 3. The zero-order valence-electron chi connectivity index (χ0n) is 14.4. The molecule has 0 radical (unpaired) electrons. The van der Waals surface area contributed by atoms with Crippen LogP contribution in [0, 0.1) is 0 Å². The summed E-state index contributed by atoms with van der Waals surface area (Å²) in [4.78, 5) is 28.2. The number of anilines is 1. The van der Waals surface area contributed by atoms with Crippen LogP contribution in [0.4, 0.5) is 5.82 Å². The van der Waals surface area contributed by atoms with Crippen molar-refractivity contribution in [3.63, 3.8) is 0 Å². The van der Waals surface area contributed by atoms with E-state index in [1.807, 2.05) is 12.1 Å². The summed E-state index contributed by atoms with van der Waals surface area (Å²) < 4.78 is 16.5. The summed E-state index contributed by atoms with van der Waals surface area (Å²) >= 11 is 0. The molecule has 1 aromatic carbocycles. The van der Waals surface area contributed by atoms with E-state index in [1.54, 1.807) is 33.1 Å².